The summed E-state index contributed by atoms with van der Waals surface area (Å²) in [4.78, 5) is 8.58. The molecule has 1 saturated heterocycles. The molecule has 2 aliphatic heterocycles. The molecule has 0 aromatic heterocycles. The third-order valence-corrected chi connectivity index (χ3v) is 2.99. The number of nitrogens with one attached hydrogen (secondary N) is 2. The van der Waals surface area contributed by atoms with E-state index in [0.29, 0.717) is 5.41 Å². The Morgan fingerprint density at radius 3 is 2.29 bits per heavy atom. The van der Waals surface area contributed by atoms with Gasteiger partial charge < -0.3 is 16.4 Å². The first-order valence-electron chi connectivity index (χ1n) is 6.52. The number of amides is 1. The van der Waals surface area contributed by atoms with Crippen molar-refractivity contribution in [1.82, 2.24) is 10.6 Å². The van der Waals surface area contributed by atoms with E-state index in [1.165, 1.54) is 32.2 Å². The zero-order valence-corrected chi connectivity index (χ0v) is 11.2. The lowest BCUT2D eigenvalue weighted by molar-refractivity contribution is -0.106. The van der Waals surface area contributed by atoms with Gasteiger partial charge in [0.05, 0.1) is 0 Å². The molecule has 1 fully saturated rings. The average Bonchev–Trinajstić information content (AvgIpc) is 2.96. The molecule has 0 aliphatic carbocycles. The Balaban J connectivity index is 0.000000276. The molecule has 2 rings (SSSR count). The highest BCUT2D eigenvalue weighted by Crippen LogP contribution is 2.28. The number of hydrogen-bond acceptors (Lipinski definition) is 3. The van der Waals surface area contributed by atoms with Gasteiger partial charge in [0.1, 0.15) is 0 Å². The highest BCUT2D eigenvalue weighted by molar-refractivity contribution is 5.42. The molecule has 2 aliphatic rings. The molecular formula is C13H27N3O. The second kappa shape index (κ2) is 10.1. The summed E-state index contributed by atoms with van der Waals surface area (Å²) >= 11 is 0. The predicted octanol–water partition coefficient (Wildman–Crippen LogP) is 1.38. The molecule has 2 heterocycles. The van der Waals surface area contributed by atoms with E-state index in [0.717, 1.165) is 13.1 Å². The van der Waals surface area contributed by atoms with Crippen LogP contribution < -0.4 is 16.4 Å². The maximum absolute atomic E-state index is 8.58. The lowest BCUT2D eigenvalue weighted by Crippen LogP contribution is -2.26. The van der Waals surface area contributed by atoms with Gasteiger partial charge in [-0.1, -0.05) is 39.2 Å². The van der Waals surface area contributed by atoms with Gasteiger partial charge in [-0.05, 0) is 19.2 Å². The minimum absolute atomic E-state index is 0.250. The molecule has 4 N–H and O–H groups in total. The van der Waals surface area contributed by atoms with Crippen molar-refractivity contribution in [3.8, 4) is 0 Å². The first-order valence-corrected chi connectivity index (χ1v) is 6.52. The second-order valence-electron chi connectivity index (χ2n) is 4.49. The molecule has 100 valence electrons. The number of carbonyl (C=O) groups is 1. The molecule has 1 amide bonds. The molecular weight excluding hydrogens is 214 g/mol. The second-order valence-corrected chi connectivity index (χ2v) is 4.49. The van der Waals surface area contributed by atoms with E-state index in [4.69, 9.17) is 4.79 Å². The fraction of sp³-hybridized carbons (Fsp3) is 0.769. The highest BCUT2D eigenvalue weighted by Gasteiger charge is 2.32. The molecule has 1 unspecified atom stereocenters. The maximum atomic E-state index is 8.58. The Labute approximate surface area is 105 Å². The van der Waals surface area contributed by atoms with Gasteiger partial charge in [-0.15, -0.1) is 0 Å². The van der Waals surface area contributed by atoms with E-state index in [1.807, 2.05) is 0 Å². The summed E-state index contributed by atoms with van der Waals surface area (Å²) < 4.78 is 0. The normalized spacial score (nSPS) is 24.4. The van der Waals surface area contributed by atoms with Crippen LogP contribution in [0, 0.1) is 5.41 Å². The Hall–Kier alpha value is -1.03. The smallest absolute Gasteiger partial charge is 0.204 e. The van der Waals surface area contributed by atoms with Crippen molar-refractivity contribution >= 4 is 6.41 Å². The summed E-state index contributed by atoms with van der Waals surface area (Å²) in [5, 5.41) is 6.60. The molecule has 0 saturated carbocycles. The van der Waals surface area contributed by atoms with Crippen molar-refractivity contribution in [3.05, 3.63) is 12.3 Å². The van der Waals surface area contributed by atoms with Crippen LogP contribution in [0.15, 0.2) is 12.3 Å². The quantitative estimate of drug-likeness (QED) is 0.640. The van der Waals surface area contributed by atoms with Gasteiger partial charge in [-0.25, -0.2) is 0 Å². The maximum Gasteiger partial charge on any atom is 0.204 e. The zero-order chi connectivity index (χ0) is 13.0. The monoisotopic (exact) mass is 241 g/mol. The van der Waals surface area contributed by atoms with Gasteiger partial charge in [0.2, 0.25) is 6.41 Å². The Bertz CT molecular complexity index is 209. The van der Waals surface area contributed by atoms with E-state index in [-0.39, 0.29) is 6.41 Å². The molecule has 0 radical (unpaired) electrons. The van der Waals surface area contributed by atoms with Gasteiger partial charge in [0.25, 0.3) is 0 Å². The molecule has 17 heavy (non-hydrogen) atoms. The molecule has 0 aromatic carbocycles. The van der Waals surface area contributed by atoms with Gasteiger partial charge in [-0.2, -0.15) is 0 Å². The minimum Gasteiger partial charge on any atom is -0.390 e. The lowest BCUT2D eigenvalue weighted by Gasteiger charge is -2.17. The van der Waals surface area contributed by atoms with Crippen LogP contribution in [0.2, 0.25) is 0 Å². The topological polar surface area (TPSA) is 67.2 Å². The Kier molecular flexibility index (Phi) is 9.53. The van der Waals surface area contributed by atoms with Crippen LogP contribution in [-0.4, -0.2) is 26.0 Å². The number of primary amides is 1. The van der Waals surface area contributed by atoms with Crippen molar-refractivity contribution in [3.63, 3.8) is 0 Å². The lowest BCUT2D eigenvalue weighted by atomic mass is 9.89. The standard InChI is InChI=1S/C7H12N2.C5H12.CH3NO/c1-3-8-5-7(1)2-4-9-6-7;1-3-5-4-2;2-1-3/h1,3,8-9H,2,4-6H2;3-5H2,1-2H3;1H,(H2,2,3). The van der Waals surface area contributed by atoms with E-state index >= 15 is 0 Å². The van der Waals surface area contributed by atoms with Crippen LogP contribution in [0.1, 0.15) is 39.5 Å². The number of rotatable bonds is 2. The molecule has 0 aromatic rings. The number of unbranched alkanes of at least 4 members (excludes halogenated alkanes) is 2. The van der Waals surface area contributed by atoms with Crippen LogP contribution in [0.5, 0.6) is 0 Å². The van der Waals surface area contributed by atoms with Crippen molar-refractivity contribution in [2.75, 3.05) is 19.6 Å². The summed E-state index contributed by atoms with van der Waals surface area (Å²) in [6.07, 6.45) is 10.0. The third-order valence-electron chi connectivity index (χ3n) is 2.99. The van der Waals surface area contributed by atoms with E-state index in [1.54, 1.807) is 0 Å². The van der Waals surface area contributed by atoms with E-state index in [2.05, 4.69) is 42.5 Å². The summed E-state index contributed by atoms with van der Waals surface area (Å²) in [6, 6.07) is 0. The zero-order valence-electron chi connectivity index (χ0n) is 11.2. The highest BCUT2D eigenvalue weighted by atomic mass is 16.1. The molecule has 0 bridgehead atoms. The van der Waals surface area contributed by atoms with Crippen LogP contribution in [0.3, 0.4) is 0 Å². The van der Waals surface area contributed by atoms with Crippen LogP contribution >= 0.6 is 0 Å². The number of hydrogen-bond donors (Lipinski definition) is 3. The Morgan fingerprint density at radius 2 is 2.00 bits per heavy atom. The summed E-state index contributed by atoms with van der Waals surface area (Å²) in [5.74, 6) is 0. The first kappa shape index (κ1) is 16.0. The molecule has 4 nitrogen and oxygen atoms in total. The first-order chi connectivity index (χ1) is 8.24. The molecule has 1 atom stereocenters. The van der Waals surface area contributed by atoms with Crippen molar-refractivity contribution in [2.45, 2.75) is 39.5 Å². The Morgan fingerprint density at radius 1 is 1.35 bits per heavy atom. The minimum atomic E-state index is 0.250. The van der Waals surface area contributed by atoms with Gasteiger partial charge in [-0.3, -0.25) is 4.79 Å². The fourth-order valence-electron chi connectivity index (χ4n) is 1.97. The van der Waals surface area contributed by atoms with E-state index in [9.17, 15) is 0 Å². The van der Waals surface area contributed by atoms with Crippen LogP contribution in [0.4, 0.5) is 0 Å². The van der Waals surface area contributed by atoms with Gasteiger partial charge in [0, 0.05) is 18.5 Å². The summed E-state index contributed by atoms with van der Waals surface area (Å²) in [5.41, 5.74) is 4.65. The average molecular weight is 241 g/mol. The van der Waals surface area contributed by atoms with Crippen molar-refractivity contribution in [2.24, 2.45) is 11.1 Å². The largest absolute Gasteiger partial charge is 0.390 e. The van der Waals surface area contributed by atoms with Crippen LogP contribution in [0.25, 0.3) is 0 Å². The number of carbonyl (C=O) groups excluding carboxylic acids is 1. The van der Waals surface area contributed by atoms with Crippen LogP contribution in [-0.2, 0) is 4.79 Å². The third kappa shape index (κ3) is 7.00. The SMILES string of the molecule is C1=CC2(CCNC2)CN1.CCCCC.NC=O. The van der Waals surface area contributed by atoms with Gasteiger partial charge >= 0.3 is 0 Å². The molecule has 4 heteroatoms. The van der Waals surface area contributed by atoms with Gasteiger partial charge in [0.15, 0.2) is 0 Å². The molecule has 1 spiro atoms. The summed E-state index contributed by atoms with van der Waals surface area (Å²) in [6.45, 7) is 7.91. The van der Waals surface area contributed by atoms with Crippen molar-refractivity contribution in [1.29, 1.82) is 0 Å². The van der Waals surface area contributed by atoms with Crippen molar-refractivity contribution < 1.29 is 4.79 Å². The number of nitrogens with two attached hydrogens (primary N) is 1. The summed E-state index contributed by atoms with van der Waals surface area (Å²) in [7, 11) is 0. The predicted molar refractivity (Wildman–Crippen MR) is 72.5 cm³/mol. The fourth-order valence-corrected chi connectivity index (χ4v) is 1.97. The van der Waals surface area contributed by atoms with E-state index < -0.39 is 0 Å².